The van der Waals surface area contributed by atoms with Crippen molar-refractivity contribution in [3.63, 3.8) is 0 Å². The van der Waals surface area contributed by atoms with Crippen LogP contribution in [0.2, 0.25) is 0 Å². The SMILES string of the molecule is CC(C)(C)OC(=O)COCCCN. The molecule has 0 rings (SSSR count). The third-order valence-electron chi connectivity index (χ3n) is 1.13. The normalized spacial score (nSPS) is 11.4. The van der Waals surface area contributed by atoms with Gasteiger partial charge in [0.25, 0.3) is 0 Å². The minimum Gasteiger partial charge on any atom is -0.458 e. The van der Waals surface area contributed by atoms with Gasteiger partial charge in [-0.2, -0.15) is 0 Å². The van der Waals surface area contributed by atoms with E-state index in [1.54, 1.807) is 0 Å². The van der Waals surface area contributed by atoms with Crippen LogP contribution in [0.1, 0.15) is 27.2 Å². The highest BCUT2D eigenvalue weighted by molar-refractivity contribution is 5.71. The highest BCUT2D eigenvalue weighted by Crippen LogP contribution is 2.06. The Morgan fingerprint density at radius 3 is 2.46 bits per heavy atom. The van der Waals surface area contributed by atoms with Gasteiger partial charge in [0.15, 0.2) is 0 Å². The molecule has 0 radical (unpaired) electrons. The van der Waals surface area contributed by atoms with Crippen LogP contribution in [-0.4, -0.2) is 31.3 Å². The van der Waals surface area contributed by atoms with Crippen molar-refractivity contribution in [2.45, 2.75) is 32.8 Å². The van der Waals surface area contributed by atoms with E-state index >= 15 is 0 Å². The van der Waals surface area contributed by atoms with E-state index in [-0.39, 0.29) is 12.6 Å². The molecule has 4 nitrogen and oxygen atoms in total. The van der Waals surface area contributed by atoms with Gasteiger partial charge in [-0.15, -0.1) is 0 Å². The van der Waals surface area contributed by atoms with Crippen LogP contribution in [0.15, 0.2) is 0 Å². The van der Waals surface area contributed by atoms with Crippen LogP contribution in [0, 0.1) is 0 Å². The van der Waals surface area contributed by atoms with E-state index in [4.69, 9.17) is 15.2 Å². The minimum absolute atomic E-state index is 0.0112. The van der Waals surface area contributed by atoms with E-state index in [0.717, 1.165) is 6.42 Å². The maximum atomic E-state index is 11.0. The van der Waals surface area contributed by atoms with E-state index in [0.29, 0.717) is 13.2 Å². The molecule has 0 unspecified atom stereocenters. The van der Waals surface area contributed by atoms with Crippen LogP contribution in [0.5, 0.6) is 0 Å². The third kappa shape index (κ3) is 9.30. The lowest BCUT2D eigenvalue weighted by molar-refractivity contribution is -0.160. The quantitative estimate of drug-likeness (QED) is 0.510. The van der Waals surface area contributed by atoms with Crippen molar-refractivity contribution >= 4 is 5.97 Å². The fraction of sp³-hybridized carbons (Fsp3) is 0.889. The van der Waals surface area contributed by atoms with Crippen molar-refractivity contribution in [2.75, 3.05) is 19.8 Å². The summed E-state index contributed by atoms with van der Waals surface area (Å²) in [4.78, 5) is 11.0. The van der Waals surface area contributed by atoms with Crippen LogP contribution < -0.4 is 5.73 Å². The largest absolute Gasteiger partial charge is 0.458 e. The van der Waals surface area contributed by atoms with E-state index in [9.17, 15) is 4.79 Å². The fourth-order valence-corrected chi connectivity index (χ4v) is 0.712. The number of carbonyl (C=O) groups excluding carboxylic acids is 1. The van der Waals surface area contributed by atoms with Crippen LogP contribution in [0.25, 0.3) is 0 Å². The lowest BCUT2D eigenvalue weighted by Gasteiger charge is -2.19. The van der Waals surface area contributed by atoms with Gasteiger partial charge < -0.3 is 15.2 Å². The van der Waals surface area contributed by atoms with E-state index in [1.807, 2.05) is 20.8 Å². The standard InChI is InChI=1S/C9H19NO3/c1-9(2,3)13-8(11)7-12-6-4-5-10/h4-7,10H2,1-3H3. The van der Waals surface area contributed by atoms with Gasteiger partial charge in [-0.25, -0.2) is 4.79 Å². The van der Waals surface area contributed by atoms with Gasteiger partial charge in [-0.1, -0.05) is 0 Å². The highest BCUT2D eigenvalue weighted by Gasteiger charge is 2.15. The monoisotopic (exact) mass is 189 g/mol. The van der Waals surface area contributed by atoms with Crippen molar-refractivity contribution in [3.8, 4) is 0 Å². The zero-order valence-electron chi connectivity index (χ0n) is 8.63. The molecule has 0 saturated carbocycles. The Balaban J connectivity index is 3.41. The number of nitrogens with two attached hydrogens (primary N) is 1. The van der Waals surface area contributed by atoms with Gasteiger partial charge in [0.1, 0.15) is 12.2 Å². The number of hydrogen-bond donors (Lipinski definition) is 1. The predicted octanol–water partition coefficient (Wildman–Crippen LogP) is 0.694. The Kier molecular flexibility index (Phi) is 5.66. The van der Waals surface area contributed by atoms with E-state index in [2.05, 4.69) is 0 Å². The first-order valence-electron chi connectivity index (χ1n) is 4.45. The summed E-state index contributed by atoms with van der Waals surface area (Å²) in [7, 11) is 0. The van der Waals surface area contributed by atoms with Gasteiger partial charge in [0, 0.05) is 6.61 Å². The molecule has 0 heterocycles. The molecule has 4 heteroatoms. The van der Waals surface area contributed by atoms with Crippen LogP contribution in [0.3, 0.4) is 0 Å². The Bertz CT molecular complexity index is 151. The molecule has 0 bridgehead atoms. The van der Waals surface area contributed by atoms with Gasteiger partial charge in [-0.3, -0.25) is 0 Å². The molecule has 78 valence electrons. The fourth-order valence-electron chi connectivity index (χ4n) is 0.712. The van der Waals surface area contributed by atoms with Gasteiger partial charge in [0.05, 0.1) is 0 Å². The van der Waals surface area contributed by atoms with Crippen molar-refractivity contribution < 1.29 is 14.3 Å². The maximum absolute atomic E-state index is 11.0. The smallest absolute Gasteiger partial charge is 0.332 e. The summed E-state index contributed by atoms with van der Waals surface area (Å²) in [5.41, 5.74) is 4.81. The topological polar surface area (TPSA) is 61.5 Å². The average Bonchev–Trinajstić information content (AvgIpc) is 1.94. The minimum atomic E-state index is -0.436. The van der Waals surface area contributed by atoms with Crippen molar-refractivity contribution in [1.82, 2.24) is 0 Å². The molecule has 0 aliphatic carbocycles. The molecule has 0 aromatic carbocycles. The van der Waals surface area contributed by atoms with Crippen molar-refractivity contribution in [3.05, 3.63) is 0 Å². The molecule has 13 heavy (non-hydrogen) atoms. The van der Waals surface area contributed by atoms with Crippen LogP contribution >= 0.6 is 0 Å². The summed E-state index contributed by atoms with van der Waals surface area (Å²) < 4.78 is 10.0. The Morgan fingerprint density at radius 2 is 2.00 bits per heavy atom. The van der Waals surface area contributed by atoms with Crippen LogP contribution in [0.4, 0.5) is 0 Å². The summed E-state index contributed by atoms with van der Waals surface area (Å²) >= 11 is 0. The summed E-state index contributed by atoms with van der Waals surface area (Å²) in [6.07, 6.45) is 0.767. The van der Waals surface area contributed by atoms with Crippen molar-refractivity contribution in [1.29, 1.82) is 0 Å². The average molecular weight is 189 g/mol. The van der Waals surface area contributed by atoms with Gasteiger partial charge >= 0.3 is 5.97 Å². The van der Waals surface area contributed by atoms with E-state index in [1.165, 1.54) is 0 Å². The number of ether oxygens (including phenoxy) is 2. The number of esters is 1. The zero-order valence-corrected chi connectivity index (χ0v) is 8.63. The zero-order chi connectivity index (χ0) is 10.3. The summed E-state index contributed by atoms with van der Waals surface area (Å²) in [6.45, 7) is 6.57. The highest BCUT2D eigenvalue weighted by atomic mass is 16.6. The second-order valence-electron chi connectivity index (χ2n) is 3.78. The molecule has 2 N–H and O–H groups in total. The second kappa shape index (κ2) is 5.94. The Labute approximate surface area is 79.4 Å². The molecule has 0 aromatic heterocycles. The molecule has 0 amide bonds. The molecule has 0 aliphatic heterocycles. The molecular weight excluding hydrogens is 170 g/mol. The first kappa shape index (κ1) is 12.4. The van der Waals surface area contributed by atoms with E-state index < -0.39 is 5.60 Å². The van der Waals surface area contributed by atoms with Crippen LogP contribution in [-0.2, 0) is 14.3 Å². The molecule has 0 saturated heterocycles. The first-order chi connectivity index (χ1) is 5.95. The molecule has 0 atom stereocenters. The van der Waals surface area contributed by atoms with Gasteiger partial charge in [-0.05, 0) is 33.7 Å². The second-order valence-corrected chi connectivity index (χ2v) is 3.78. The van der Waals surface area contributed by atoms with Gasteiger partial charge in [0.2, 0.25) is 0 Å². The Morgan fingerprint density at radius 1 is 1.38 bits per heavy atom. The molecule has 0 fully saturated rings. The predicted molar refractivity (Wildman–Crippen MR) is 50.3 cm³/mol. The lowest BCUT2D eigenvalue weighted by Crippen LogP contribution is -2.26. The molecule has 0 aromatic rings. The molecule has 0 spiro atoms. The number of rotatable bonds is 5. The maximum Gasteiger partial charge on any atom is 0.332 e. The molecule has 0 aliphatic rings. The summed E-state index contributed by atoms with van der Waals surface area (Å²) in [5.74, 6) is -0.329. The third-order valence-corrected chi connectivity index (χ3v) is 1.13. The first-order valence-corrected chi connectivity index (χ1v) is 4.45. The number of hydrogen-bond acceptors (Lipinski definition) is 4. The number of carbonyl (C=O) groups is 1. The molecular formula is C9H19NO3. The summed E-state index contributed by atoms with van der Waals surface area (Å²) in [6, 6.07) is 0. The summed E-state index contributed by atoms with van der Waals surface area (Å²) in [5, 5.41) is 0. The van der Waals surface area contributed by atoms with Crippen molar-refractivity contribution in [2.24, 2.45) is 5.73 Å². The Hall–Kier alpha value is -0.610. The lowest BCUT2D eigenvalue weighted by atomic mass is 10.2.